The third-order valence-electron chi connectivity index (χ3n) is 3.66. The minimum atomic E-state index is -0.650. The van der Waals surface area contributed by atoms with Gasteiger partial charge in [0.25, 0.3) is 0 Å². The number of hydrogen-bond donors (Lipinski definition) is 1. The van der Waals surface area contributed by atoms with Crippen molar-refractivity contribution < 1.29 is 9.90 Å². The lowest BCUT2D eigenvalue weighted by atomic mass is 9.90. The zero-order valence-electron chi connectivity index (χ0n) is 9.80. The number of allylic oxidation sites excluding steroid dienone is 1. The Morgan fingerprint density at radius 1 is 1.31 bits per heavy atom. The van der Waals surface area contributed by atoms with Gasteiger partial charge >= 0.3 is 5.97 Å². The fraction of sp³-hybridized carbons (Fsp3) is 0.750. The first-order chi connectivity index (χ1) is 7.66. The van der Waals surface area contributed by atoms with Crippen molar-refractivity contribution in [3.05, 3.63) is 12.2 Å². The van der Waals surface area contributed by atoms with Crippen LogP contribution in [0.5, 0.6) is 0 Å². The number of carboxylic acid groups (broad SMARTS) is 1. The molecule has 0 aromatic rings. The van der Waals surface area contributed by atoms with Crippen molar-refractivity contribution in [1.82, 2.24) is 9.80 Å². The molecular formula is C12H20N2O2. The lowest BCUT2D eigenvalue weighted by Gasteiger charge is -2.38. The summed E-state index contributed by atoms with van der Waals surface area (Å²) in [6, 6.07) is 0.337. The van der Waals surface area contributed by atoms with Crippen LogP contribution >= 0.6 is 0 Å². The summed E-state index contributed by atoms with van der Waals surface area (Å²) >= 11 is 0. The molecule has 2 aliphatic rings. The number of carbonyl (C=O) groups is 1. The summed E-state index contributed by atoms with van der Waals surface area (Å²) in [5.41, 5.74) is 0. The Hall–Kier alpha value is -0.870. The van der Waals surface area contributed by atoms with E-state index in [0.717, 1.165) is 32.6 Å². The summed E-state index contributed by atoms with van der Waals surface area (Å²) in [5, 5.41) is 9.04. The fourth-order valence-corrected chi connectivity index (χ4v) is 2.49. The Morgan fingerprint density at radius 2 is 2.00 bits per heavy atom. The van der Waals surface area contributed by atoms with Gasteiger partial charge in [-0.05, 0) is 19.9 Å². The third kappa shape index (κ3) is 2.62. The van der Waals surface area contributed by atoms with Gasteiger partial charge in [0.05, 0.1) is 5.92 Å². The highest BCUT2D eigenvalue weighted by atomic mass is 16.4. The Morgan fingerprint density at radius 3 is 2.62 bits per heavy atom. The van der Waals surface area contributed by atoms with E-state index < -0.39 is 5.97 Å². The van der Waals surface area contributed by atoms with Crippen LogP contribution in [0, 0.1) is 5.92 Å². The molecule has 0 radical (unpaired) electrons. The molecule has 0 saturated carbocycles. The highest BCUT2D eigenvalue weighted by Gasteiger charge is 2.28. The number of nitrogens with zero attached hydrogens (tertiary/aromatic N) is 2. The molecule has 1 saturated heterocycles. The first-order valence-corrected chi connectivity index (χ1v) is 5.99. The molecule has 0 unspecified atom stereocenters. The van der Waals surface area contributed by atoms with Crippen LogP contribution in [0.4, 0.5) is 0 Å². The molecule has 1 fully saturated rings. The smallest absolute Gasteiger partial charge is 0.306 e. The second kappa shape index (κ2) is 4.97. The van der Waals surface area contributed by atoms with E-state index in [0.29, 0.717) is 12.5 Å². The lowest BCUT2D eigenvalue weighted by Crippen LogP contribution is -2.49. The number of piperazine rings is 1. The van der Waals surface area contributed by atoms with E-state index in [9.17, 15) is 4.79 Å². The molecule has 0 spiro atoms. The summed E-state index contributed by atoms with van der Waals surface area (Å²) in [5.74, 6) is -0.835. The maximum Gasteiger partial charge on any atom is 0.306 e. The number of carboxylic acids is 1. The van der Waals surface area contributed by atoms with Gasteiger partial charge in [-0.3, -0.25) is 9.69 Å². The molecule has 0 amide bonds. The van der Waals surface area contributed by atoms with E-state index in [4.69, 9.17) is 5.11 Å². The average molecular weight is 224 g/mol. The first-order valence-electron chi connectivity index (χ1n) is 5.99. The van der Waals surface area contributed by atoms with Gasteiger partial charge in [0.1, 0.15) is 0 Å². The van der Waals surface area contributed by atoms with Crippen LogP contribution in [0.2, 0.25) is 0 Å². The second-order valence-corrected chi connectivity index (χ2v) is 4.84. The number of hydrogen-bond acceptors (Lipinski definition) is 3. The van der Waals surface area contributed by atoms with E-state index in [1.165, 1.54) is 0 Å². The molecule has 0 aromatic heterocycles. The molecule has 90 valence electrons. The van der Waals surface area contributed by atoms with Crippen LogP contribution in [0.1, 0.15) is 12.8 Å². The van der Waals surface area contributed by atoms with Gasteiger partial charge in [-0.25, -0.2) is 0 Å². The Kier molecular flexibility index (Phi) is 3.61. The molecule has 1 aliphatic heterocycles. The molecule has 4 heteroatoms. The van der Waals surface area contributed by atoms with E-state index in [-0.39, 0.29) is 5.92 Å². The van der Waals surface area contributed by atoms with Crippen LogP contribution in [-0.4, -0.2) is 60.1 Å². The number of likely N-dealkylation sites (N-methyl/N-ethyl adjacent to an activating group) is 1. The molecule has 0 bridgehead atoms. The summed E-state index contributed by atoms with van der Waals surface area (Å²) in [4.78, 5) is 15.7. The zero-order valence-corrected chi connectivity index (χ0v) is 9.80. The largest absolute Gasteiger partial charge is 0.481 e. The van der Waals surface area contributed by atoms with Gasteiger partial charge in [-0.15, -0.1) is 0 Å². The molecule has 1 N–H and O–H groups in total. The van der Waals surface area contributed by atoms with Crippen molar-refractivity contribution in [3.8, 4) is 0 Å². The van der Waals surface area contributed by atoms with E-state index in [1.54, 1.807) is 0 Å². The minimum absolute atomic E-state index is 0.186. The van der Waals surface area contributed by atoms with Crippen molar-refractivity contribution in [1.29, 1.82) is 0 Å². The van der Waals surface area contributed by atoms with E-state index in [2.05, 4.69) is 22.9 Å². The number of aliphatic carboxylic acids is 1. The predicted molar refractivity (Wildman–Crippen MR) is 62.4 cm³/mol. The molecular weight excluding hydrogens is 204 g/mol. The van der Waals surface area contributed by atoms with Crippen LogP contribution in [0.3, 0.4) is 0 Å². The van der Waals surface area contributed by atoms with Gasteiger partial charge in [0, 0.05) is 32.2 Å². The fourth-order valence-electron chi connectivity index (χ4n) is 2.49. The highest BCUT2D eigenvalue weighted by Crippen LogP contribution is 2.23. The Balaban J connectivity index is 1.92. The monoisotopic (exact) mass is 224 g/mol. The van der Waals surface area contributed by atoms with Crippen molar-refractivity contribution in [3.63, 3.8) is 0 Å². The van der Waals surface area contributed by atoms with Crippen molar-refractivity contribution in [2.24, 2.45) is 5.92 Å². The average Bonchev–Trinajstić information content (AvgIpc) is 2.30. The van der Waals surface area contributed by atoms with Crippen LogP contribution in [0.15, 0.2) is 12.2 Å². The molecule has 1 aliphatic carbocycles. The highest BCUT2D eigenvalue weighted by molar-refractivity contribution is 5.70. The van der Waals surface area contributed by atoms with E-state index >= 15 is 0 Å². The van der Waals surface area contributed by atoms with E-state index in [1.807, 2.05) is 6.08 Å². The maximum absolute atomic E-state index is 11.0. The van der Waals surface area contributed by atoms with Crippen LogP contribution in [-0.2, 0) is 4.79 Å². The Labute approximate surface area is 96.5 Å². The van der Waals surface area contributed by atoms with Gasteiger partial charge in [-0.2, -0.15) is 0 Å². The summed E-state index contributed by atoms with van der Waals surface area (Å²) in [6.07, 6.45) is 5.69. The topological polar surface area (TPSA) is 43.8 Å². The molecule has 2 rings (SSSR count). The van der Waals surface area contributed by atoms with Crippen molar-refractivity contribution in [2.75, 3.05) is 33.2 Å². The normalized spacial score (nSPS) is 32.8. The minimum Gasteiger partial charge on any atom is -0.481 e. The summed E-state index contributed by atoms with van der Waals surface area (Å²) in [6.45, 7) is 4.28. The molecule has 2 atom stereocenters. The second-order valence-electron chi connectivity index (χ2n) is 4.84. The van der Waals surface area contributed by atoms with Crippen LogP contribution in [0.25, 0.3) is 0 Å². The van der Waals surface area contributed by atoms with Gasteiger partial charge in [-0.1, -0.05) is 12.2 Å². The zero-order chi connectivity index (χ0) is 11.5. The standard InChI is InChI=1S/C12H20N2O2/c1-13-5-7-14(8-6-13)11-4-2-3-10(9-11)12(15)16/h2,4,10-11H,3,5-9H2,1H3,(H,15,16)/t10-,11-/m1/s1. The van der Waals surface area contributed by atoms with Gasteiger partial charge in [0.15, 0.2) is 0 Å². The third-order valence-corrected chi connectivity index (χ3v) is 3.66. The molecule has 16 heavy (non-hydrogen) atoms. The SMILES string of the molecule is CN1CCN([C@@H]2C=CC[C@@H](C(=O)O)C2)CC1. The van der Waals surface area contributed by atoms with Crippen molar-refractivity contribution in [2.45, 2.75) is 18.9 Å². The first kappa shape index (κ1) is 11.6. The lowest BCUT2D eigenvalue weighted by molar-refractivity contribution is -0.142. The maximum atomic E-state index is 11.0. The van der Waals surface area contributed by atoms with Gasteiger partial charge in [0.2, 0.25) is 0 Å². The number of rotatable bonds is 2. The molecule has 4 nitrogen and oxygen atoms in total. The van der Waals surface area contributed by atoms with Crippen molar-refractivity contribution >= 4 is 5.97 Å². The molecule has 1 heterocycles. The van der Waals surface area contributed by atoms with Gasteiger partial charge < -0.3 is 10.0 Å². The summed E-state index contributed by atoms with van der Waals surface area (Å²) in [7, 11) is 2.13. The quantitative estimate of drug-likeness (QED) is 0.700. The Bertz CT molecular complexity index is 283. The summed E-state index contributed by atoms with van der Waals surface area (Å²) < 4.78 is 0. The predicted octanol–water partition coefficient (Wildman–Crippen LogP) is 0.653. The van der Waals surface area contributed by atoms with Crippen LogP contribution < -0.4 is 0 Å². The molecule has 0 aromatic carbocycles.